The van der Waals surface area contributed by atoms with Crippen molar-refractivity contribution in [3.8, 4) is 5.82 Å². The molecule has 5 nitrogen and oxygen atoms in total. The van der Waals surface area contributed by atoms with Crippen LogP contribution in [-0.2, 0) is 0 Å². The van der Waals surface area contributed by atoms with Crippen LogP contribution in [0.4, 0.5) is 0 Å². The molecule has 0 aromatic carbocycles. The molecule has 1 N–H and O–H groups in total. The summed E-state index contributed by atoms with van der Waals surface area (Å²) in [5, 5.41) is 3.43. The Balaban J connectivity index is 2.02. The van der Waals surface area contributed by atoms with Crippen LogP contribution >= 0.6 is 0 Å². The second-order valence-corrected chi connectivity index (χ2v) is 4.65. The summed E-state index contributed by atoms with van der Waals surface area (Å²) in [6, 6.07) is 0. The molecule has 0 saturated carbocycles. The maximum absolute atomic E-state index is 4.55. The van der Waals surface area contributed by atoms with Gasteiger partial charge in [-0.2, -0.15) is 0 Å². The van der Waals surface area contributed by atoms with Gasteiger partial charge in [0.25, 0.3) is 0 Å². The first-order valence-electron chi connectivity index (χ1n) is 6.38. The maximum atomic E-state index is 4.55. The van der Waals surface area contributed by atoms with E-state index in [-0.39, 0.29) is 0 Å². The van der Waals surface area contributed by atoms with Gasteiger partial charge in [0.15, 0.2) is 5.82 Å². The SMILES string of the molecule is Cc1nccn1-c1nccnc1C1CCCNC1. The van der Waals surface area contributed by atoms with Crippen molar-refractivity contribution in [1.82, 2.24) is 24.8 Å². The lowest BCUT2D eigenvalue weighted by atomic mass is 9.96. The number of hydrogen-bond acceptors (Lipinski definition) is 4. The second-order valence-electron chi connectivity index (χ2n) is 4.65. The van der Waals surface area contributed by atoms with Gasteiger partial charge in [-0.1, -0.05) is 0 Å². The van der Waals surface area contributed by atoms with Crippen LogP contribution in [0.5, 0.6) is 0 Å². The van der Waals surface area contributed by atoms with Crippen LogP contribution < -0.4 is 5.32 Å². The van der Waals surface area contributed by atoms with Crippen LogP contribution in [0.1, 0.15) is 30.3 Å². The largest absolute Gasteiger partial charge is 0.316 e. The lowest BCUT2D eigenvalue weighted by Gasteiger charge is -2.23. The summed E-state index contributed by atoms with van der Waals surface area (Å²) in [5.41, 5.74) is 1.07. The first-order valence-corrected chi connectivity index (χ1v) is 6.38. The standard InChI is InChI=1S/C13H17N5/c1-10-15-7-8-18(10)13-12(16-5-6-17-13)11-3-2-4-14-9-11/h5-8,11,14H,2-4,9H2,1H3. The normalized spacial score (nSPS) is 19.9. The Labute approximate surface area is 106 Å². The molecule has 3 rings (SSSR count). The number of aromatic nitrogens is 4. The highest BCUT2D eigenvalue weighted by Crippen LogP contribution is 2.25. The van der Waals surface area contributed by atoms with E-state index in [0.717, 1.165) is 30.4 Å². The monoisotopic (exact) mass is 243 g/mol. The van der Waals surface area contributed by atoms with Crippen LogP contribution in [-0.4, -0.2) is 32.6 Å². The van der Waals surface area contributed by atoms with Crippen LogP contribution in [0.15, 0.2) is 24.8 Å². The molecule has 94 valence electrons. The van der Waals surface area contributed by atoms with Crippen molar-refractivity contribution in [2.45, 2.75) is 25.7 Å². The topological polar surface area (TPSA) is 55.6 Å². The molecule has 1 aliphatic rings. The zero-order chi connectivity index (χ0) is 12.4. The van der Waals surface area contributed by atoms with Crippen molar-refractivity contribution >= 4 is 0 Å². The molecule has 0 spiro atoms. The molecule has 0 bridgehead atoms. The van der Waals surface area contributed by atoms with Crippen molar-refractivity contribution in [1.29, 1.82) is 0 Å². The van der Waals surface area contributed by atoms with Crippen LogP contribution in [0, 0.1) is 6.92 Å². The van der Waals surface area contributed by atoms with Crippen LogP contribution in [0.3, 0.4) is 0 Å². The zero-order valence-electron chi connectivity index (χ0n) is 10.5. The summed E-state index contributed by atoms with van der Waals surface area (Å²) in [6.07, 6.45) is 9.64. The Morgan fingerprint density at radius 3 is 2.83 bits per heavy atom. The predicted octanol–water partition coefficient (Wildman–Crippen LogP) is 1.44. The Kier molecular flexibility index (Phi) is 3.06. The number of imidazole rings is 1. The van der Waals surface area contributed by atoms with Gasteiger partial charge < -0.3 is 5.32 Å². The van der Waals surface area contributed by atoms with Crippen LogP contribution in [0.25, 0.3) is 5.82 Å². The molecular formula is C13H17N5. The average Bonchev–Trinajstić information content (AvgIpc) is 2.86. The highest BCUT2D eigenvalue weighted by atomic mass is 15.1. The third-order valence-corrected chi connectivity index (χ3v) is 3.44. The number of rotatable bonds is 2. The summed E-state index contributed by atoms with van der Waals surface area (Å²) in [5.74, 6) is 2.31. The van der Waals surface area contributed by atoms with E-state index < -0.39 is 0 Å². The van der Waals surface area contributed by atoms with Crippen molar-refractivity contribution in [3.05, 3.63) is 36.3 Å². The summed E-state index contributed by atoms with van der Waals surface area (Å²) >= 11 is 0. The third kappa shape index (κ3) is 2.01. The molecule has 3 heterocycles. The van der Waals surface area contributed by atoms with Gasteiger partial charge in [0.1, 0.15) is 5.82 Å². The molecule has 1 fully saturated rings. The molecule has 1 unspecified atom stereocenters. The minimum absolute atomic E-state index is 0.448. The molecule has 0 amide bonds. The molecule has 0 radical (unpaired) electrons. The van der Waals surface area contributed by atoms with E-state index >= 15 is 0 Å². The van der Waals surface area contributed by atoms with Crippen molar-refractivity contribution < 1.29 is 0 Å². The maximum Gasteiger partial charge on any atom is 0.160 e. The van der Waals surface area contributed by atoms with E-state index in [2.05, 4.69) is 20.3 Å². The second kappa shape index (κ2) is 4.86. The fourth-order valence-electron chi connectivity index (χ4n) is 2.50. The van der Waals surface area contributed by atoms with E-state index in [1.54, 1.807) is 18.6 Å². The number of hydrogen-bond donors (Lipinski definition) is 1. The first-order chi connectivity index (χ1) is 8.86. The smallest absolute Gasteiger partial charge is 0.160 e. The van der Waals surface area contributed by atoms with Gasteiger partial charge in [0, 0.05) is 37.3 Å². The predicted molar refractivity (Wildman–Crippen MR) is 68.7 cm³/mol. The Morgan fingerprint density at radius 1 is 1.22 bits per heavy atom. The molecule has 1 atom stereocenters. The van der Waals surface area contributed by atoms with Gasteiger partial charge in [-0.3, -0.25) is 9.55 Å². The third-order valence-electron chi connectivity index (χ3n) is 3.44. The molecule has 1 aliphatic heterocycles. The van der Waals surface area contributed by atoms with Gasteiger partial charge in [-0.15, -0.1) is 0 Å². The Bertz CT molecular complexity index is 528. The number of nitrogens with zero attached hydrogens (tertiary/aromatic N) is 4. The molecule has 18 heavy (non-hydrogen) atoms. The molecule has 0 aliphatic carbocycles. The van der Waals surface area contributed by atoms with E-state index in [9.17, 15) is 0 Å². The van der Waals surface area contributed by atoms with E-state index in [1.807, 2.05) is 17.7 Å². The Hall–Kier alpha value is -1.75. The highest BCUT2D eigenvalue weighted by Gasteiger charge is 2.21. The van der Waals surface area contributed by atoms with Crippen molar-refractivity contribution in [2.24, 2.45) is 0 Å². The van der Waals surface area contributed by atoms with Gasteiger partial charge in [0.2, 0.25) is 0 Å². The quantitative estimate of drug-likeness (QED) is 0.867. The van der Waals surface area contributed by atoms with Gasteiger partial charge in [0.05, 0.1) is 5.69 Å². The lowest BCUT2D eigenvalue weighted by Crippen LogP contribution is -2.29. The average molecular weight is 243 g/mol. The number of aryl methyl sites for hydroxylation is 1. The minimum atomic E-state index is 0.448. The van der Waals surface area contributed by atoms with Gasteiger partial charge >= 0.3 is 0 Å². The fraction of sp³-hybridized carbons (Fsp3) is 0.462. The molecule has 2 aromatic heterocycles. The molecular weight excluding hydrogens is 226 g/mol. The van der Waals surface area contributed by atoms with Gasteiger partial charge in [-0.05, 0) is 26.3 Å². The minimum Gasteiger partial charge on any atom is -0.316 e. The highest BCUT2D eigenvalue weighted by molar-refractivity contribution is 5.32. The van der Waals surface area contributed by atoms with Crippen molar-refractivity contribution in [2.75, 3.05) is 13.1 Å². The fourth-order valence-corrected chi connectivity index (χ4v) is 2.50. The van der Waals surface area contributed by atoms with E-state index in [0.29, 0.717) is 5.92 Å². The first kappa shape index (κ1) is 11.3. The molecule has 2 aromatic rings. The van der Waals surface area contributed by atoms with Crippen LogP contribution in [0.2, 0.25) is 0 Å². The zero-order valence-corrected chi connectivity index (χ0v) is 10.5. The van der Waals surface area contributed by atoms with Gasteiger partial charge in [-0.25, -0.2) is 9.97 Å². The van der Waals surface area contributed by atoms with Crippen molar-refractivity contribution in [3.63, 3.8) is 0 Å². The number of nitrogens with one attached hydrogen (secondary N) is 1. The summed E-state index contributed by atoms with van der Waals surface area (Å²) in [7, 11) is 0. The summed E-state index contributed by atoms with van der Waals surface area (Å²) in [4.78, 5) is 13.3. The Morgan fingerprint density at radius 2 is 2.11 bits per heavy atom. The van der Waals surface area contributed by atoms with E-state index in [4.69, 9.17) is 0 Å². The summed E-state index contributed by atoms with van der Waals surface area (Å²) < 4.78 is 2.01. The lowest BCUT2D eigenvalue weighted by molar-refractivity contribution is 0.452. The summed E-state index contributed by atoms with van der Waals surface area (Å²) in [6.45, 7) is 4.08. The number of piperidine rings is 1. The van der Waals surface area contributed by atoms with E-state index in [1.165, 1.54) is 12.8 Å². The molecule has 5 heteroatoms. The molecule has 1 saturated heterocycles.